The predicted molar refractivity (Wildman–Crippen MR) is 98.7 cm³/mol. The molecule has 0 saturated carbocycles. The van der Waals surface area contributed by atoms with E-state index in [1.807, 2.05) is 12.1 Å². The van der Waals surface area contributed by atoms with E-state index in [4.69, 9.17) is 9.47 Å². The Morgan fingerprint density at radius 2 is 2.15 bits per heavy atom. The first kappa shape index (κ1) is 17.5. The molecular weight excluding hydrogens is 332 g/mol. The number of para-hydroxylation sites is 2. The van der Waals surface area contributed by atoms with Crippen LogP contribution in [-0.4, -0.2) is 38.1 Å². The molecule has 2 aromatic rings. The number of benzene rings is 2. The summed E-state index contributed by atoms with van der Waals surface area (Å²) in [4.78, 5) is 26.7. The second-order valence-corrected chi connectivity index (χ2v) is 5.83. The number of hydrogen-bond acceptors (Lipinski definition) is 4. The monoisotopic (exact) mass is 352 g/mol. The molecule has 0 spiro atoms. The van der Waals surface area contributed by atoms with Gasteiger partial charge < -0.3 is 19.7 Å². The fourth-order valence-corrected chi connectivity index (χ4v) is 2.68. The molecular formula is C20H20N2O4. The van der Waals surface area contributed by atoms with Gasteiger partial charge in [-0.2, -0.15) is 0 Å². The van der Waals surface area contributed by atoms with E-state index in [1.165, 1.54) is 4.90 Å². The van der Waals surface area contributed by atoms with Crippen molar-refractivity contribution in [1.82, 2.24) is 5.32 Å². The van der Waals surface area contributed by atoms with Gasteiger partial charge in [0.2, 0.25) is 0 Å². The number of ether oxygens (including phenoxy) is 2. The number of fused-ring (bicyclic) bond motifs is 1. The molecule has 1 aliphatic heterocycles. The number of anilines is 1. The minimum absolute atomic E-state index is 0.0680. The lowest BCUT2D eigenvalue weighted by atomic mass is 10.1. The lowest BCUT2D eigenvalue weighted by Crippen LogP contribution is -2.49. The SMILES string of the molecule is C=CCOc1cccc(C(=O)N[C@@H]2COc3ccccc3N(C)C2=O)c1. The second kappa shape index (κ2) is 7.74. The van der Waals surface area contributed by atoms with Crippen LogP contribution >= 0.6 is 0 Å². The van der Waals surface area contributed by atoms with Crippen LogP contribution in [-0.2, 0) is 4.79 Å². The molecule has 0 aliphatic carbocycles. The van der Waals surface area contributed by atoms with E-state index in [-0.39, 0.29) is 18.4 Å². The highest BCUT2D eigenvalue weighted by Gasteiger charge is 2.30. The number of carbonyl (C=O) groups is 2. The van der Waals surface area contributed by atoms with E-state index in [0.717, 1.165) is 0 Å². The Bertz CT molecular complexity index is 834. The van der Waals surface area contributed by atoms with E-state index < -0.39 is 6.04 Å². The van der Waals surface area contributed by atoms with Gasteiger partial charge in [-0.05, 0) is 30.3 Å². The maximum atomic E-state index is 12.7. The summed E-state index contributed by atoms with van der Waals surface area (Å²) < 4.78 is 11.1. The Balaban J connectivity index is 1.74. The van der Waals surface area contributed by atoms with Gasteiger partial charge in [-0.3, -0.25) is 9.59 Å². The molecule has 0 radical (unpaired) electrons. The number of rotatable bonds is 5. The van der Waals surface area contributed by atoms with Gasteiger partial charge in [-0.1, -0.05) is 30.9 Å². The topological polar surface area (TPSA) is 67.9 Å². The van der Waals surface area contributed by atoms with Crippen molar-refractivity contribution < 1.29 is 19.1 Å². The molecule has 1 atom stereocenters. The highest BCUT2D eigenvalue weighted by Crippen LogP contribution is 2.29. The van der Waals surface area contributed by atoms with Gasteiger partial charge in [0.1, 0.15) is 30.8 Å². The van der Waals surface area contributed by atoms with Crippen LogP contribution in [0.1, 0.15) is 10.4 Å². The Morgan fingerprint density at radius 1 is 1.35 bits per heavy atom. The van der Waals surface area contributed by atoms with Crippen molar-refractivity contribution in [3.05, 3.63) is 66.7 Å². The average molecular weight is 352 g/mol. The largest absolute Gasteiger partial charge is 0.490 e. The van der Waals surface area contributed by atoms with Crippen LogP contribution < -0.4 is 19.7 Å². The van der Waals surface area contributed by atoms with Gasteiger partial charge in [-0.15, -0.1) is 0 Å². The Labute approximate surface area is 152 Å². The van der Waals surface area contributed by atoms with Crippen molar-refractivity contribution in [1.29, 1.82) is 0 Å². The minimum atomic E-state index is -0.780. The Kier molecular flexibility index (Phi) is 5.22. The van der Waals surface area contributed by atoms with Crippen molar-refractivity contribution in [2.45, 2.75) is 6.04 Å². The summed E-state index contributed by atoms with van der Waals surface area (Å²) in [7, 11) is 1.67. The Morgan fingerprint density at radius 3 is 2.96 bits per heavy atom. The summed E-state index contributed by atoms with van der Waals surface area (Å²) in [5.74, 6) is 0.572. The fraction of sp³-hybridized carbons (Fsp3) is 0.200. The van der Waals surface area contributed by atoms with Crippen LogP contribution in [0.4, 0.5) is 5.69 Å². The van der Waals surface area contributed by atoms with Crippen LogP contribution in [0.2, 0.25) is 0 Å². The van der Waals surface area contributed by atoms with E-state index >= 15 is 0 Å². The van der Waals surface area contributed by atoms with Crippen molar-refractivity contribution in [3.8, 4) is 11.5 Å². The number of likely N-dealkylation sites (N-methyl/N-ethyl adjacent to an activating group) is 1. The Hall–Kier alpha value is -3.28. The first-order chi connectivity index (χ1) is 12.6. The summed E-state index contributed by atoms with van der Waals surface area (Å²) in [5.41, 5.74) is 1.08. The van der Waals surface area contributed by atoms with Gasteiger partial charge in [0, 0.05) is 12.6 Å². The zero-order valence-corrected chi connectivity index (χ0v) is 14.5. The summed E-state index contributed by atoms with van der Waals surface area (Å²) >= 11 is 0. The number of nitrogens with zero attached hydrogens (tertiary/aromatic N) is 1. The average Bonchev–Trinajstić information content (AvgIpc) is 2.79. The molecule has 6 nitrogen and oxygen atoms in total. The van der Waals surface area contributed by atoms with Crippen LogP contribution in [0.5, 0.6) is 11.5 Å². The van der Waals surface area contributed by atoms with Crippen molar-refractivity contribution in [2.24, 2.45) is 0 Å². The minimum Gasteiger partial charge on any atom is -0.490 e. The molecule has 0 fully saturated rings. The molecule has 1 N–H and O–H groups in total. The molecule has 0 bridgehead atoms. The maximum Gasteiger partial charge on any atom is 0.252 e. The molecule has 2 aromatic carbocycles. The third-order valence-corrected chi connectivity index (χ3v) is 4.03. The third-order valence-electron chi connectivity index (χ3n) is 4.03. The normalized spacial score (nSPS) is 16.1. The first-order valence-corrected chi connectivity index (χ1v) is 8.24. The number of carbonyl (C=O) groups excluding carboxylic acids is 2. The number of hydrogen-bond donors (Lipinski definition) is 1. The smallest absolute Gasteiger partial charge is 0.252 e. The first-order valence-electron chi connectivity index (χ1n) is 8.24. The maximum absolute atomic E-state index is 12.7. The van der Waals surface area contributed by atoms with Crippen molar-refractivity contribution >= 4 is 17.5 Å². The van der Waals surface area contributed by atoms with Gasteiger partial charge in [0.25, 0.3) is 11.8 Å². The lowest BCUT2D eigenvalue weighted by Gasteiger charge is -2.20. The summed E-state index contributed by atoms with van der Waals surface area (Å²) in [5, 5.41) is 2.74. The van der Waals surface area contributed by atoms with E-state index in [0.29, 0.717) is 29.4 Å². The summed E-state index contributed by atoms with van der Waals surface area (Å²) in [6, 6.07) is 13.3. The predicted octanol–water partition coefficient (Wildman–Crippen LogP) is 2.41. The molecule has 0 saturated heterocycles. The van der Waals surface area contributed by atoms with Crippen molar-refractivity contribution in [2.75, 3.05) is 25.2 Å². The van der Waals surface area contributed by atoms with Gasteiger partial charge in [0.05, 0.1) is 5.69 Å². The number of nitrogens with one attached hydrogen (secondary N) is 1. The summed E-state index contributed by atoms with van der Waals surface area (Å²) in [6.45, 7) is 4.01. The molecule has 3 rings (SSSR count). The van der Waals surface area contributed by atoms with E-state index in [1.54, 1.807) is 49.5 Å². The molecule has 1 aliphatic rings. The van der Waals surface area contributed by atoms with E-state index in [2.05, 4.69) is 11.9 Å². The highest BCUT2D eigenvalue weighted by molar-refractivity contribution is 6.03. The van der Waals surface area contributed by atoms with Gasteiger partial charge >= 0.3 is 0 Å². The highest BCUT2D eigenvalue weighted by atomic mass is 16.5. The molecule has 134 valence electrons. The third kappa shape index (κ3) is 3.69. The lowest BCUT2D eigenvalue weighted by molar-refractivity contribution is -0.120. The zero-order chi connectivity index (χ0) is 18.5. The fourth-order valence-electron chi connectivity index (χ4n) is 2.68. The summed E-state index contributed by atoms with van der Waals surface area (Å²) in [6.07, 6.45) is 1.63. The zero-order valence-electron chi connectivity index (χ0n) is 14.5. The quantitative estimate of drug-likeness (QED) is 0.839. The second-order valence-electron chi connectivity index (χ2n) is 5.83. The van der Waals surface area contributed by atoms with Gasteiger partial charge in [-0.25, -0.2) is 0 Å². The molecule has 26 heavy (non-hydrogen) atoms. The molecule has 2 amide bonds. The van der Waals surface area contributed by atoms with Crippen LogP contribution in [0, 0.1) is 0 Å². The number of amides is 2. The standard InChI is InChI=1S/C20H20N2O4/c1-3-11-25-15-8-6-7-14(12-15)19(23)21-16-13-26-18-10-5-4-9-17(18)22(2)20(16)24/h3-10,12,16H,1,11,13H2,2H3,(H,21,23)/t16-/m1/s1. The van der Waals surface area contributed by atoms with E-state index in [9.17, 15) is 9.59 Å². The molecule has 0 unspecified atom stereocenters. The van der Waals surface area contributed by atoms with Crippen LogP contribution in [0.15, 0.2) is 61.2 Å². The molecule has 1 heterocycles. The molecule has 0 aromatic heterocycles. The van der Waals surface area contributed by atoms with Crippen LogP contribution in [0.25, 0.3) is 0 Å². The van der Waals surface area contributed by atoms with Crippen LogP contribution in [0.3, 0.4) is 0 Å². The van der Waals surface area contributed by atoms with Gasteiger partial charge in [0.15, 0.2) is 0 Å². The molecule has 6 heteroatoms. The van der Waals surface area contributed by atoms with Crippen molar-refractivity contribution in [3.63, 3.8) is 0 Å².